The lowest BCUT2D eigenvalue weighted by Crippen LogP contribution is -2.28. The monoisotopic (exact) mass is 471 g/mol. The number of imidazole rings is 1. The Labute approximate surface area is 168 Å². The molecule has 162 valence electrons. The lowest BCUT2D eigenvalue weighted by Gasteiger charge is -2.19. The SMILES string of the molecule is CNc1nc(SC)nc2c1ncn2[C@H]1C[C@H](OP(=O)(O)O)[C@@H](COP(=O)(O)O)O1. The minimum absolute atomic E-state index is 0.0424. The van der Waals surface area contributed by atoms with Crippen LogP contribution in [0.5, 0.6) is 0 Å². The van der Waals surface area contributed by atoms with Crippen molar-refractivity contribution in [2.45, 2.75) is 30.0 Å². The van der Waals surface area contributed by atoms with Gasteiger partial charge in [-0.15, -0.1) is 0 Å². The summed E-state index contributed by atoms with van der Waals surface area (Å²) in [4.78, 5) is 49.0. The average Bonchev–Trinajstić information content (AvgIpc) is 3.20. The third kappa shape index (κ3) is 5.52. The summed E-state index contributed by atoms with van der Waals surface area (Å²) < 4.78 is 38.7. The Morgan fingerprint density at radius 2 is 2.03 bits per heavy atom. The molecule has 1 saturated heterocycles. The van der Waals surface area contributed by atoms with Crippen molar-refractivity contribution >= 4 is 44.4 Å². The van der Waals surface area contributed by atoms with Crippen LogP contribution in [-0.4, -0.2) is 71.2 Å². The van der Waals surface area contributed by atoms with Crippen molar-refractivity contribution in [3.05, 3.63) is 6.33 Å². The highest BCUT2D eigenvalue weighted by atomic mass is 32.2. The minimum atomic E-state index is -4.89. The van der Waals surface area contributed by atoms with Crippen LogP contribution in [0, 0.1) is 0 Å². The third-order valence-corrected chi connectivity index (χ3v) is 5.57. The van der Waals surface area contributed by atoms with Crippen LogP contribution in [0.15, 0.2) is 11.5 Å². The zero-order valence-electron chi connectivity index (χ0n) is 15.1. The van der Waals surface area contributed by atoms with Crippen LogP contribution in [0.1, 0.15) is 12.6 Å². The standard InChI is InChI=1S/C12H19N5O9P2S/c1-13-10-9-11(16-12(15-10)29-2)17(5-14-9)8-3-6(26-28(21,22)23)7(25-8)4-24-27(18,19)20/h5-8H,3-4H2,1-2H3,(H,13,15,16)(H2,18,19,20)(H2,21,22,23)/t6-,7+,8+/m0/s1. The van der Waals surface area contributed by atoms with Crippen molar-refractivity contribution in [2.24, 2.45) is 0 Å². The summed E-state index contributed by atoms with van der Waals surface area (Å²) in [6.07, 6.45) is 0.0249. The van der Waals surface area contributed by atoms with E-state index in [2.05, 4.69) is 24.8 Å². The maximum atomic E-state index is 11.3. The number of ether oxygens (including phenoxy) is 1. The molecule has 2 aromatic heterocycles. The molecule has 0 bridgehead atoms. The summed E-state index contributed by atoms with van der Waals surface area (Å²) in [7, 11) is -8.03. The fourth-order valence-corrected chi connectivity index (χ4v) is 4.13. The molecule has 1 aliphatic rings. The summed E-state index contributed by atoms with van der Waals surface area (Å²) in [6, 6.07) is 0. The number of fused-ring (bicyclic) bond motifs is 1. The van der Waals surface area contributed by atoms with Gasteiger partial charge in [0.1, 0.15) is 18.4 Å². The van der Waals surface area contributed by atoms with E-state index in [0.29, 0.717) is 22.1 Å². The maximum Gasteiger partial charge on any atom is 0.469 e. The predicted octanol–water partition coefficient (Wildman–Crippen LogP) is 0.465. The fourth-order valence-electron chi connectivity index (χ4n) is 2.85. The first kappa shape index (κ1) is 22.6. The number of hydrogen-bond donors (Lipinski definition) is 5. The number of hydrogen-bond acceptors (Lipinski definition) is 10. The lowest BCUT2D eigenvalue weighted by atomic mass is 10.2. The highest BCUT2D eigenvalue weighted by Gasteiger charge is 2.42. The van der Waals surface area contributed by atoms with Crippen LogP contribution in [-0.2, 0) is 22.9 Å². The summed E-state index contributed by atoms with van der Waals surface area (Å²) in [5, 5.41) is 3.38. The molecular formula is C12H19N5O9P2S. The van der Waals surface area contributed by atoms with Gasteiger partial charge in [-0.3, -0.25) is 13.6 Å². The summed E-state index contributed by atoms with van der Waals surface area (Å²) >= 11 is 1.31. The Morgan fingerprint density at radius 1 is 1.31 bits per heavy atom. The number of aromatic nitrogens is 4. The van der Waals surface area contributed by atoms with E-state index in [1.54, 1.807) is 13.3 Å². The molecule has 14 nitrogen and oxygen atoms in total. The van der Waals surface area contributed by atoms with Crippen molar-refractivity contribution < 1.29 is 42.5 Å². The first-order valence-electron chi connectivity index (χ1n) is 8.06. The van der Waals surface area contributed by atoms with Crippen LogP contribution >= 0.6 is 27.4 Å². The van der Waals surface area contributed by atoms with E-state index in [0.717, 1.165) is 0 Å². The molecule has 3 rings (SSSR count). The minimum Gasteiger partial charge on any atom is -0.371 e. The molecule has 0 amide bonds. The van der Waals surface area contributed by atoms with E-state index in [9.17, 15) is 9.13 Å². The summed E-state index contributed by atoms with van der Waals surface area (Å²) in [5.41, 5.74) is 0.862. The van der Waals surface area contributed by atoms with Gasteiger partial charge in [-0.05, 0) is 6.26 Å². The second-order valence-corrected chi connectivity index (χ2v) is 9.12. The molecular weight excluding hydrogens is 452 g/mol. The van der Waals surface area contributed by atoms with Crippen molar-refractivity contribution in [1.82, 2.24) is 19.5 Å². The maximum absolute atomic E-state index is 11.3. The molecule has 1 fully saturated rings. The molecule has 0 unspecified atom stereocenters. The second-order valence-electron chi connectivity index (χ2n) is 5.92. The molecule has 3 heterocycles. The molecule has 0 radical (unpaired) electrons. The zero-order valence-corrected chi connectivity index (χ0v) is 17.8. The molecule has 0 spiro atoms. The molecule has 0 aromatic carbocycles. The number of nitrogens with zero attached hydrogens (tertiary/aromatic N) is 4. The van der Waals surface area contributed by atoms with E-state index >= 15 is 0 Å². The first-order chi connectivity index (χ1) is 13.5. The first-order valence-corrected chi connectivity index (χ1v) is 12.3. The van der Waals surface area contributed by atoms with Crippen LogP contribution in [0.4, 0.5) is 5.82 Å². The molecule has 2 aromatic rings. The van der Waals surface area contributed by atoms with Gasteiger partial charge < -0.3 is 29.6 Å². The van der Waals surface area contributed by atoms with Gasteiger partial charge in [-0.2, -0.15) is 0 Å². The number of nitrogens with one attached hydrogen (secondary N) is 1. The normalized spacial score (nSPS) is 23.0. The zero-order chi connectivity index (χ0) is 21.4. The number of rotatable bonds is 8. The number of anilines is 1. The summed E-state index contributed by atoms with van der Waals surface area (Å²) in [5.74, 6) is 0.487. The fraction of sp³-hybridized carbons (Fsp3) is 0.583. The van der Waals surface area contributed by atoms with Crippen molar-refractivity contribution in [3.8, 4) is 0 Å². The van der Waals surface area contributed by atoms with Gasteiger partial charge in [0.15, 0.2) is 22.1 Å². The van der Waals surface area contributed by atoms with Crippen LogP contribution in [0.2, 0.25) is 0 Å². The Kier molecular flexibility index (Phi) is 6.65. The number of phosphoric ester groups is 2. The van der Waals surface area contributed by atoms with Crippen LogP contribution in [0.25, 0.3) is 11.2 Å². The van der Waals surface area contributed by atoms with Gasteiger partial charge in [0.05, 0.1) is 12.9 Å². The summed E-state index contributed by atoms with van der Waals surface area (Å²) in [6.45, 7) is -0.634. The van der Waals surface area contributed by atoms with Crippen LogP contribution < -0.4 is 5.32 Å². The predicted molar refractivity (Wildman–Crippen MR) is 100 cm³/mol. The molecule has 3 atom stereocenters. The van der Waals surface area contributed by atoms with Crippen molar-refractivity contribution in [3.63, 3.8) is 0 Å². The molecule has 0 aliphatic carbocycles. The number of thioether (sulfide) groups is 1. The van der Waals surface area contributed by atoms with Gasteiger partial charge in [-0.25, -0.2) is 24.1 Å². The van der Waals surface area contributed by atoms with E-state index < -0.39 is 40.7 Å². The smallest absolute Gasteiger partial charge is 0.371 e. The molecule has 0 saturated carbocycles. The van der Waals surface area contributed by atoms with E-state index in [1.165, 1.54) is 22.7 Å². The van der Waals surface area contributed by atoms with Gasteiger partial charge >= 0.3 is 15.6 Å². The highest BCUT2D eigenvalue weighted by Crippen LogP contribution is 2.45. The topological polar surface area (TPSA) is 198 Å². The number of phosphoric acid groups is 2. The molecule has 5 N–H and O–H groups in total. The average molecular weight is 471 g/mol. The van der Waals surface area contributed by atoms with E-state index in [-0.39, 0.29) is 6.42 Å². The highest BCUT2D eigenvalue weighted by molar-refractivity contribution is 7.98. The van der Waals surface area contributed by atoms with Gasteiger partial charge in [0.2, 0.25) is 0 Å². The van der Waals surface area contributed by atoms with Crippen molar-refractivity contribution in [2.75, 3.05) is 25.2 Å². The second kappa shape index (κ2) is 8.55. The lowest BCUT2D eigenvalue weighted by molar-refractivity contribution is -0.0417. The van der Waals surface area contributed by atoms with E-state index in [1.807, 2.05) is 0 Å². The van der Waals surface area contributed by atoms with Gasteiger partial charge in [0.25, 0.3) is 0 Å². The molecule has 29 heavy (non-hydrogen) atoms. The van der Waals surface area contributed by atoms with Gasteiger partial charge in [0, 0.05) is 13.5 Å². The molecule has 17 heteroatoms. The third-order valence-electron chi connectivity index (χ3n) is 3.99. The Hall–Kier alpha value is -1.12. The Morgan fingerprint density at radius 3 is 2.62 bits per heavy atom. The van der Waals surface area contributed by atoms with E-state index in [4.69, 9.17) is 28.8 Å². The van der Waals surface area contributed by atoms with Crippen molar-refractivity contribution in [1.29, 1.82) is 0 Å². The largest absolute Gasteiger partial charge is 0.469 e. The quantitative estimate of drug-likeness (QED) is 0.202. The van der Waals surface area contributed by atoms with Crippen LogP contribution in [0.3, 0.4) is 0 Å². The van der Waals surface area contributed by atoms with Gasteiger partial charge in [-0.1, -0.05) is 11.8 Å². The molecule has 1 aliphatic heterocycles. The Bertz CT molecular complexity index is 978. The Balaban J connectivity index is 1.92.